The first-order valence-corrected chi connectivity index (χ1v) is 7.94. The smallest absolute Gasteiger partial charge is 0.252 e. The summed E-state index contributed by atoms with van der Waals surface area (Å²) in [5.41, 5.74) is -3.49. The summed E-state index contributed by atoms with van der Waals surface area (Å²) in [6.07, 6.45) is 0. The van der Waals surface area contributed by atoms with Crippen LogP contribution in [0.3, 0.4) is 0 Å². The molecule has 0 spiro atoms. The lowest BCUT2D eigenvalue weighted by atomic mass is 9.89. The van der Waals surface area contributed by atoms with E-state index in [1.807, 2.05) is 44.2 Å². The predicted molar refractivity (Wildman–Crippen MR) is 101 cm³/mol. The van der Waals surface area contributed by atoms with E-state index in [1.165, 1.54) is 0 Å². The van der Waals surface area contributed by atoms with Gasteiger partial charge in [0.2, 0.25) is 0 Å². The number of aliphatic hydroxyl groups is 3. The molecule has 0 saturated carbocycles. The molecule has 0 aromatic heterocycles. The fraction of sp³-hybridized carbons (Fsp3) is 0.667. The van der Waals surface area contributed by atoms with Crippen molar-refractivity contribution in [1.29, 1.82) is 0 Å². The molecule has 0 atom stereocenters. The number of ether oxygens (including phenoxy) is 1. The van der Waals surface area contributed by atoms with Gasteiger partial charge in [0.05, 0.1) is 16.8 Å². The second kappa shape index (κ2) is 9.42. The molecular weight excluding hydrogens is 307 g/mol. The van der Waals surface area contributed by atoms with E-state index < -0.39 is 22.4 Å². The number of hydrogen-bond acceptors (Lipinski definition) is 5. The van der Waals surface area contributed by atoms with Crippen molar-refractivity contribution < 1.29 is 25.1 Å². The third kappa shape index (κ3) is 9.28. The number of para-hydroxylation sites is 1. The van der Waals surface area contributed by atoms with E-state index in [0.29, 0.717) is 0 Å². The van der Waals surface area contributed by atoms with Crippen LogP contribution >= 0.6 is 0 Å². The molecule has 1 aromatic rings. The van der Waals surface area contributed by atoms with Crippen LogP contribution in [0.25, 0.3) is 0 Å². The molecule has 1 rings (SSSR count). The van der Waals surface area contributed by atoms with E-state index in [2.05, 4.69) is 0 Å². The highest BCUT2D eigenvalue weighted by Gasteiger charge is 2.37. The summed E-state index contributed by atoms with van der Waals surface area (Å²) in [6, 6.07) is 9.52. The van der Waals surface area contributed by atoms with Gasteiger partial charge in [0.25, 0.3) is 8.05 Å². The quantitative estimate of drug-likeness (QED) is 0.625. The number of hydrogen-bond donors (Lipinski definition) is 4. The maximum atomic E-state index is 9.88. The monoisotopic (exact) mass is 342 g/mol. The van der Waals surface area contributed by atoms with E-state index in [-0.39, 0.29) is 0 Å². The molecule has 140 valence electrons. The Labute approximate surface area is 147 Å². The van der Waals surface area contributed by atoms with Crippen molar-refractivity contribution in [3.63, 3.8) is 0 Å². The summed E-state index contributed by atoms with van der Waals surface area (Å²) >= 11 is 0. The zero-order valence-corrected chi connectivity index (χ0v) is 16.6. The van der Waals surface area contributed by atoms with Gasteiger partial charge in [-0.05, 0) is 67.5 Å². The van der Waals surface area contributed by atoms with Crippen LogP contribution in [0, 0.1) is 0 Å². The Bertz CT molecular complexity index is 427. The Balaban J connectivity index is 0. The summed E-state index contributed by atoms with van der Waals surface area (Å²) in [7, 11) is 1.00. The molecule has 4 N–H and O–H groups in total. The van der Waals surface area contributed by atoms with E-state index in [9.17, 15) is 5.11 Å². The third-order valence-corrected chi connectivity index (χ3v) is 4.09. The van der Waals surface area contributed by atoms with E-state index in [4.69, 9.17) is 20.0 Å². The van der Waals surface area contributed by atoms with Gasteiger partial charge in [-0.2, -0.15) is 0 Å². The zero-order chi connectivity index (χ0) is 19.8. The van der Waals surface area contributed by atoms with Gasteiger partial charge in [0.1, 0.15) is 11.4 Å². The molecule has 0 fully saturated rings. The van der Waals surface area contributed by atoms with Gasteiger partial charge in [-0.25, -0.2) is 0 Å². The lowest BCUT2D eigenvalue weighted by molar-refractivity contribution is -0.107. The van der Waals surface area contributed by atoms with Crippen LogP contribution in [0.2, 0.25) is 0 Å². The first-order chi connectivity index (χ1) is 10.6. The second-order valence-corrected chi connectivity index (χ2v) is 7.60. The van der Waals surface area contributed by atoms with Gasteiger partial charge in [-0.15, -0.1) is 0 Å². The van der Waals surface area contributed by atoms with Gasteiger partial charge in [0.15, 0.2) is 0 Å². The average Bonchev–Trinajstić information content (AvgIpc) is 2.38. The fourth-order valence-corrected chi connectivity index (χ4v) is 0.908. The van der Waals surface area contributed by atoms with Crippen LogP contribution < -0.4 is 4.74 Å². The SMILES string of the molecule is BO.CC(C)(O)C(C)(C)O.CC(C)(O)C(C)(C)Oc1ccccc1. The minimum atomic E-state index is -1.01. The molecule has 24 heavy (non-hydrogen) atoms. The van der Waals surface area contributed by atoms with Crippen LogP contribution in [0.4, 0.5) is 0 Å². The fourth-order valence-electron chi connectivity index (χ4n) is 0.908. The lowest BCUT2D eigenvalue weighted by Gasteiger charge is -2.37. The normalized spacial score (nSPS) is 12.3. The minimum absolute atomic E-state index is 0.603. The van der Waals surface area contributed by atoms with Crippen molar-refractivity contribution in [2.75, 3.05) is 0 Å². The number of benzene rings is 1. The molecule has 0 amide bonds. The molecule has 0 aliphatic rings. The van der Waals surface area contributed by atoms with Crippen LogP contribution in [0.5, 0.6) is 5.75 Å². The Kier molecular flexibility index (Phi) is 9.88. The Hall–Kier alpha value is -1.08. The van der Waals surface area contributed by atoms with Gasteiger partial charge >= 0.3 is 0 Å². The predicted octanol–water partition coefficient (Wildman–Crippen LogP) is 1.67. The van der Waals surface area contributed by atoms with Crippen molar-refractivity contribution in [3.05, 3.63) is 30.3 Å². The Morgan fingerprint density at radius 3 is 1.25 bits per heavy atom. The molecular formula is C18H35BO5. The largest absolute Gasteiger partial charge is 0.485 e. The van der Waals surface area contributed by atoms with Crippen LogP contribution in [0.1, 0.15) is 55.4 Å². The highest BCUT2D eigenvalue weighted by atomic mass is 16.5. The van der Waals surface area contributed by atoms with Crippen molar-refractivity contribution in [3.8, 4) is 5.75 Å². The standard InChI is InChI=1S/C12H18O2.C6H14O2.BH3O/c1-11(2,13)12(3,4)14-10-8-6-5-7-9-10;1-5(2,7)6(3,4)8;1-2/h5-9,13H,1-4H3;7-8H,1-4H3;2H,1H2. The summed E-state index contributed by atoms with van der Waals surface area (Å²) in [6.45, 7) is 13.5. The molecule has 0 aliphatic carbocycles. The van der Waals surface area contributed by atoms with E-state index in [1.54, 1.807) is 41.5 Å². The topological polar surface area (TPSA) is 90.2 Å². The second-order valence-electron chi connectivity index (χ2n) is 7.60. The molecule has 0 unspecified atom stereocenters. The van der Waals surface area contributed by atoms with Gasteiger partial charge in [-0.1, -0.05) is 18.2 Å². The van der Waals surface area contributed by atoms with Crippen LogP contribution in [-0.4, -0.2) is 50.8 Å². The van der Waals surface area contributed by atoms with Crippen molar-refractivity contribution in [1.82, 2.24) is 0 Å². The van der Waals surface area contributed by atoms with Gasteiger partial charge in [0, 0.05) is 0 Å². The lowest BCUT2D eigenvalue weighted by Crippen LogP contribution is -2.49. The van der Waals surface area contributed by atoms with Crippen molar-refractivity contribution in [2.24, 2.45) is 0 Å². The summed E-state index contributed by atoms with van der Waals surface area (Å²) < 4.78 is 5.72. The molecule has 0 radical (unpaired) electrons. The van der Waals surface area contributed by atoms with Gasteiger partial charge < -0.3 is 25.1 Å². The van der Waals surface area contributed by atoms with Crippen LogP contribution in [0.15, 0.2) is 30.3 Å². The van der Waals surface area contributed by atoms with Crippen molar-refractivity contribution >= 4 is 8.05 Å². The molecule has 5 nitrogen and oxygen atoms in total. The van der Waals surface area contributed by atoms with Crippen LogP contribution in [-0.2, 0) is 0 Å². The van der Waals surface area contributed by atoms with Crippen molar-refractivity contribution in [2.45, 2.75) is 77.8 Å². The molecule has 6 heteroatoms. The molecule has 0 bridgehead atoms. The van der Waals surface area contributed by atoms with E-state index in [0.717, 1.165) is 13.8 Å². The highest BCUT2D eigenvalue weighted by molar-refractivity contribution is 5.95. The molecule has 1 aromatic carbocycles. The summed E-state index contributed by atoms with van der Waals surface area (Å²) in [4.78, 5) is 0. The third-order valence-electron chi connectivity index (χ3n) is 4.09. The zero-order valence-electron chi connectivity index (χ0n) is 16.6. The summed E-state index contributed by atoms with van der Waals surface area (Å²) in [5, 5.41) is 35.1. The van der Waals surface area contributed by atoms with Gasteiger partial charge in [-0.3, -0.25) is 0 Å². The molecule has 0 saturated heterocycles. The minimum Gasteiger partial charge on any atom is -0.485 e. The first-order valence-electron chi connectivity index (χ1n) is 7.94. The Morgan fingerprint density at radius 1 is 0.667 bits per heavy atom. The maximum Gasteiger partial charge on any atom is 0.252 e. The Morgan fingerprint density at radius 2 is 1.00 bits per heavy atom. The molecule has 0 aliphatic heterocycles. The first kappa shape index (κ1) is 25.2. The summed E-state index contributed by atoms with van der Waals surface area (Å²) in [5.74, 6) is 0.777. The molecule has 0 heterocycles. The maximum absolute atomic E-state index is 9.88. The van der Waals surface area contributed by atoms with E-state index >= 15 is 0 Å². The average molecular weight is 342 g/mol. The number of rotatable bonds is 4. The highest BCUT2D eigenvalue weighted by Crippen LogP contribution is 2.27.